The van der Waals surface area contributed by atoms with Crippen molar-refractivity contribution in [2.24, 2.45) is 17.8 Å². The van der Waals surface area contributed by atoms with Crippen LogP contribution in [0.25, 0.3) is 0 Å². The highest BCUT2D eigenvalue weighted by Crippen LogP contribution is 2.65. The molecule has 2 aliphatic carbocycles. The summed E-state index contributed by atoms with van der Waals surface area (Å²) < 4.78 is 232. The van der Waals surface area contributed by atoms with E-state index in [9.17, 15) is 74.6 Å². The summed E-state index contributed by atoms with van der Waals surface area (Å²) in [7, 11) is 0. The van der Waals surface area contributed by atoms with Crippen LogP contribution in [-0.4, -0.2) is 41.7 Å². The van der Waals surface area contributed by atoms with Crippen molar-refractivity contribution < 1.29 is 74.6 Å². The summed E-state index contributed by atoms with van der Waals surface area (Å²) in [6, 6.07) is 1.78. The lowest BCUT2D eigenvalue weighted by Crippen LogP contribution is -2.74. The van der Waals surface area contributed by atoms with Gasteiger partial charge in [-0.05, 0) is 54.9 Å². The third kappa shape index (κ3) is 7.57. The molecule has 17 heteroatoms. The smallest absolute Gasteiger partial charge is 0.194 e. The van der Waals surface area contributed by atoms with Crippen molar-refractivity contribution >= 4 is 0 Å². The fourth-order valence-corrected chi connectivity index (χ4v) is 7.06. The molecule has 290 valence electrons. The summed E-state index contributed by atoms with van der Waals surface area (Å²) in [6.45, 7) is 2.16. The van der Waals surface area contributed by atoms with E-state index in [2.05, 4.69) is 6.92 Å². The van der Waals surface area contributed by atoms with Crippen molar-refractivity contribution in [2.45, 2.75) is 150 Å². The molecule has 0 saturated heterocycles. The minimum absolute atomic E-state index is 0.104. The van der Waals surface area contributed by atoms with Crippen molar-refractivity contribution in [3.8, 4) is 0 Å². The van der Waals surface area contributed by atoms with Gasteiger partial charge in [-0.3, -0.25) is 0 Å². The fourth-order valence-electron chi connectivity index (χ4n) is 7.06. The van der Waals surface area contributed by atoms with E-state index < -0.39 is 53.2 Å². The average Bonchev–Trinajstić information content (AvgIpc) is 3.03. The van der Waals surface area contributed by atoms with E-state index in [1.54, 1.807) is 0 Å². The van der Waals surface area contributed by atoms with Crippen LogP contribution in [0.4, 0.5) is 74.6 Å². The molecule has 2 aliphatic rings. The molecule has 50 heavy (non-hydrogen) atoms. The van der Waals surface area contributed by atoms with Gasteiger partial charge in [0.15, 0.2) is 0 Å². The Labute approximate surface area is 278 Å². The molecule has 0 spiro atoms. The standard InChI is InChI=1S/C33H39F17/c1-2-3-4-5-20-6-8-21(9-7-20)10-11-22-12-14-23(15-13-22)24-16-18-25(19-17-24)26(34,35)27(36,37)28(38,39)29(40,41)30(42,43)31(44,45)32(46,47)33(48,49)50/h16-23H,2-15H2,1H3. The first kappa shape index (κ1) is 42.4. The first-order chi connectivity index (χ1) is 22.7. The maximum absolute atomic E-state index is 14.7. The number of alkyl halides is 17. The molecule has 0 nitrogen and oxygen atoms in total. The molecule has 0 aromatic heterocycles. The van der Waals surface area contributed by atoms with Gasteiger partial charge >= 0.3 is 47.6 Å². The molecule has 0 N–H and O–H groups in total. The number of rotatable bonds is 15. The number of hydrogen-bond donors (Lipinski definition) is 0. The summed E-state index contributed by atoms with van der Waals surface area (Å²) >= 11 is 0. The highest BCUT2D eigenvalue weighted by Gasteiger charge is 2.95. The largest absolute Gasteiger partial charge is 0.460 e. The van der Waals surface area contributed by atoms with Crippen molar-refractivity contribution in [2.75, 3.05) is 0 Å². The van der Waals surface area contributed by atoms with E-state index in [1.165, 1.54) is 51.4 Å². The Morgan fingerprint density at radius 1 is 0.440 bits per heavy atom. The lowest BCUT2D eigenvalue weighted by atomic mass is 9.74. The van der Waals surface area contributed by atoms with E-state index >= 15 is 0 Å². The maximum atomic E-state index is 14.7. The summed E-state index contributed by atoms with van der Waals surface area (Å²) in [5.74, 6) is -54.9. The predicted octanol–water partition coefficient (Wildman–Crippen LogP) is 13.6. The van der Waals surface area contributed by atoms with Crippen LogP contribution in [0.3, 0.4) is 0 Å². The Bertz CT molecular complexity index is 1220. The molecule has 0 aliphatic heterocycles. The molecular formula is C33H39F17. The Balaban J connectivity index is 1.66. The molecule has 3 rings (SSSR count). The van der Waals surface area contributed by atoms with E-state index in [-0.39, 0.29) is 23.6 Å². The second-order valence-corrected chi connectivity index (χ2v) is 13.8. The first-order valence-corrected chi connectivity index (χ1v) is 16.5. The van der Waals surface area contributed by atoms with Gasteiger partial charge in [-0.15, -0.1) is 0 Å². The molecule has 0 atom stereocenters. The van der Waals surface area contributed by atoms with Gasteiger partial charge in [0.1, 0.15) is 0 Å². The molecule has 1 aromatic rings. The second kappa shape index (κ2) is 14.8. The number of halogens is 17. The number of unbranched alkanes of at least 4 members (excludes halogenated alkanes) is 2. The van der Waals surface area contributed by atoms with Gasteiger partial charge in [-0.1, -0.05) is 95.4 Å². The van der Waals surface area contributed by atoms with E-state index in [1.807, 2.05) is 0 Å². The van der Waals surface area contributed by atoms with Crippen LogP contribution in [-0.2, 0) is 5.92 Å². The lowest BCUT2D eigenvalue weighted by molar-refractivity contribution is -0.462. The van der Waals surface area contributed by atoms with Crippen LogP contribution in [0.1, 0.15) is 114 Å². The second-order valence-electron chi connectivity index (χ2n) is 13.8. The maximum Gasteiger partial charge on any atom is 0.460 e. The van der Waals surface area contributed by atoms with Gasteiger partial charge in [0.05, 0.1) is 0 Å². The van der Waals surface area contributed by atoms with Gasteiger partial charge in [-0.2, -0.15) is 74.6 Å². The third-order valence-electron chi connectivity index (χ3n) is 10.5. The average molecular weight is 759 g/mol. The summed E-state index contributed by atoms with van der Waals surface area (Å²) in [5, 5.41) is 0. The third-order valence-corrected chi connectivity index (χ3v) is 10.5. The predicted molar refractivity (Wildman–Crippen MR) is 150 cm³/mol. The number of benzene rings is 1. The van der Waals surface area contributed by atoms with Crippen LogP contribution in [0.5, 0.6) is 0 Å². The fraction of sp³-hybridized carbons (Fsp3) is 0.818. The van der Waals surface area contributed by atoms with E-state index in [0.29, 0.717) is 24.7 Å². The Kier molecular flexibility index (Phi) is 12.6. The zero-order chi connectivity index (χ0) is 38.2. The van der Waals surface area contributed by atoms with Crippen molar-refractivity contribution in [3.63, 3.8) is 0 Å². The van der Waals surface area contributed by atoms with Crippen molar-refractivity contribution in [3.05, 3.63) is 35.4 Å². The summed E-state index contributed by atoms with van der Waals surface area (Å²) in [6.07, 6.45) is 6.52. The molecule has 2 fully saturated rings. The highest BCUT2D eigenvalue weighted by atomic mass is 19.4. The van der Waals surface area contributed by atoms with Crippen molar-refractivity contribution in [1.82, 2.24) is 0 Å². The lowest BCUT2D eigenvalue weighted by Gasteiger charge is -2.42. The summed E-state index contributed by atoms with van der Waals surface area (Å²) in [5.41, 5.74) is -1.89. The SMILES string of the molecule is CCCCCC1CCC(CCC2CCC(c3ccc(C(F)(F)C(F)(F)C(F)(F)C(F)(F)C(F)(F)C(F)(F)C(F)(F)C(F)(F)F)cc3)CC2)CC1. The zero-order valence-corrected chi connectivity index (χ0v) is 26.9. The van der Waals surface area contributed by atoms with E-state index in [0.717, 1.165) is 43.7 Å². The van der Waals surface area contributed by atoms with Gasteiger partial charge in [0.2, 0.25) is 0 Å². The molecule has 0 amide bonds. The Hall–Kier alpha value is -1.97. The molecule has 0 radical (unpaired) electrons. The van der Waals surface area contributed by atoms with Crippen LogP contribution >= 0.6 is 0 Å². The molecule has 2 saturated carbocycles. The summed E-state index contributed by atoms with van der Waals surface area (Å²) in [4.78, 5) is 0. The topological polar surface area (TPSA) is 0 Å². The molecule has 0 unspecified atom stereocenters. The Morgan fingerprint density at radius 3 is 1.20 bits per heavy atom. The van der Waals surface area contributed by atoms with Gasteiger partial charge in [-0.25, -0.2) is 0 Å². The minimum atomic E-state index is -8.63. The normalized spacial score (nSPS) is 24.0. The van der Waals surface area contributed by atoms with Crippen LogP contribution in [0.2, 0.25) is 0 Å². The Morgan fingerprint density at radius 2 is 0.800 bits per heavy atom. The van der Waals surface area contributed by atoms with Gasteiger partial charge in [0.25, 0.3) is 0 Å². The van der Waals surface area contributed by atoms with Crippen molar-refractivity contribution in [1.29, 1.82) is 0 Å². The van der Waals surface area contributed by atoms with Crippen LogP contribution in [0.15, 0.2) is 24.3 Å². The van der Waals surface area contributed by atoms with E-state index in [4.69, 9.17) is 0 Å². The first-order valence-electron chi connectivity index (χ1n) is 16.5. The van der Waals surface area contributed by atoms with Gasteiger partial charge < -0.3 is 0 Å². The van der Waals surface area contributed by atoms with Crippen LogP contribution < -0.4 is 0 Å². The number of hydrogen-bond acceptors (Lipinski definition) is 0. The molecule has 0 bridgehead atoms. The zero-order valence-electron chi connectivity index (χ0n) is 26.9. The quantitative estimate of drug-likeness (QED) is 0.123. The monoisotopic (exact) mass is 758 g/mol. The highest BCUT2D eigenvalue weighted by molar-refractivity contribution is 5.31. The molecule has 1 aromatic carbocycles. The molecule has 0 heterocycles. The minimum Gasteiger partial charge on any atom is -0.194 e. The van der Waals surface area contributed by atoms with Gasteiger partial charge in [0, 0.05) is 5.56 Å². The van der Waals surface area contributed by atoms with Crippen LogP contribution in [0, 0.1) is 17.8 Å². The molecular weight excluding hydrogens is 719 g/mol.